The number of sulfone groups is 1. The third-order valence-corrected chi connectivity index (χ3v) is 6.07. The Balaban J connectivity index is 1.72. The molecular formula is C13H25NO3S. The van der Waals surface area contributed by atoms with Crippen molar-refractivity contribution in [3.05, 3.63) is 0 Å². The van der Waals surface area contributed by atoms with Crippen molar-refractivity contribution in [1.82, 2.24) is 5.32 Å². The van der Waals surface area contributed by atoms with Crippen molar-refractivity contribution in [2.24, 2.45) is 5.92 Å². The summed E-state index contributed by atoms with van der Waals surface area (Å²) in [5.74, 6) is 1.06. The largest absolute Gasteiger partial charge is 0.378 e. The van der Waals surface area contributed by atoms with Gasteiger partial charge in [-0.25, -0.2) is 8.42 Å². The molecule has 0 aromatic rings. The normalized spacial score (nSPS) is 32.7. The zero-order chi connectivity index (χ0) is 13.0. The molecular weight excluding hydrogens is 250 g/mol. The molecule has 3 unspecified atom stereocenters. The fraction of sp³-hybridized carbons (Fsp3) is 1.00. The Labute approximate surface area is 110 Å². The first-order valence-corrected chi connectivity index (χ1v) is 8.92. The topological polar surface area (TPSA) is 55.4 Å². The second-order valence-corrected chi connectivity index (χ2v) is 7.85. The number of hydrogen-bond acceptors (Lipinski definition) is 4. The molecule has 0 saturated carbocycles. The van der Waals surface area contributed by atoms with Crippen LogP contribution in [0.15, 0.2) is 0 Å². The molecule has 0 amide bonds. The van der Waals surface area contributed by atoms with Crippen molar-refractivity contribution < 1.29 is 13.2 Å². The van der Waals surface area contributed by atoms with Crippen molar-refractivity contribution in [3.63, 3.8) is 0 Å². The zero-order valence-corrected chi connectivity index (χ0v) is 12.0. The van der Waals surface area contributed by atoms with E-state index in [0.717, 1.165) is 32.3 Å². The van der Waals surface area contributed by atoms with Gasteiger partial charge in [0, 0.05) is 12.6 Å². The highest BCUT2D eigenvalue weighted by Gasteiger charge is 2.32. The van der Waals surface area contributed by atoms with Gasteiger partial charge in [-0.2, -0.15) is 0 Å². The molecule has 0 spiro atoms. The zero-order valence-electron chi connectivity index (χ0n) is 11.2. The lowest BCUT2D eigenvalue weighted by molar-refractivity contribution is 0.101. The molecule has 1 N–H and O–H groups in total. The van der Waals surface area contributed by atoms with E-state index in [0.29, 0.717) is 29.6 Å². The predicted molar refractivity (Wildman–Crippen MR) is 72.4 cm³/mol. The summed E-state index contributed by atoms with van der Waals surface area (Å²) in [6.07, 6.45) is 6.99. The summed E-state index contributed by atoms with van der Waals surface area (Å²) in [5.41, 5.74) is 0. The van der Waals surface area contributed by atoms with Crippen LogP contribution < -0.4 is 5.32 Å². The molecule has 0 aliphatic carbocycles. The van der Waals surface area contributed by atoms with Gasteiger partial charge in [0.1, 0.15) is 0 Å². The average Bonchev–Trinajstić information content (AvgIpc) is 2.94. The lowest BCUT2D eigenvalue weighted by Gasteiger charge is -2.22. The Kier molecular flexibility index (Phi) is 5.04. The van der Waals surface area contributed by atoms with E-state index in [-0.39, 0.29) is 0 Å². The molecule has 4 nitrogen and oxygen atoms in total. The van der Waals surface area contributed by atoms with E-state index in [1.165, 1.54) is 12.8 Å². The molecule has 2 aliphatic heterocycles. The van der Waals surface area contributed by atoms with Crippen molar-refractivity contribution in [2.45, 2.75) is 50.7 Å². The first kappa shape index (κ1) is 14.3. The Bertz CT molecular complexity index is 349. The minimum atomic E-state index is -2.76. The van der Waals surface area contributed by atoms with Gasteiger partial charge >= 0.3 is 0 Å². The van der Waals surface area contributed by atoms with Gasteiger partial charge in [-0.3, -0.25) is 0 Å². The third-order valence-electron chi connectivity index (χ3n) is 4.27. The maximum atomic E-state index is 11.5. The molecule has 2 rings (SSSR count). The van der Waals surface area contributed by atoms with Crippen LogP contribution in [-0.4, -0.2) is 45.7 Å². The van der Waals surface area contributed by atoms with Crippen LogP contribution in [0, 0.1) is 5.92 Å². The summed E-state index contributed by atoms with van der Waals surface area (Å²) in [7, 11) is -0.810. The van der Waals surface area contributed by atoms with Gasteiger partial charge in [0.15, 0.2) is 9.84 Å². The molecule has 106 valence electrons. The van der Waals surface area contributed by atoms with Crippen LogP contribution in [-0.2, 0) is 14.6 Å². The van der Waals surface area contributed by atoms with E-state index in [9.17, 15) is 8.42 Å². The number of rotatable bonds is 6. The van der Waals surface area contributed by atoms with Crippen LogP contribution in [0.4, 0.5) is 0 Å². The Morgan fingerprint density at radius 3 is 2.78 bits per heavy atom. The summed E-state index contributed by atoms with van der Waals surface area (Å²) < 4.78 is 28.6. The van der Waals surface area contributed by atoms with Crippen molar-refractivity contribution >= 4 is 9.84 Å². The van der Waals surface area contributed by atoms with Crippen molar-refractivity contribution in [1.29, 1.82) is 0 Å². The van der Waals surface area contributed by atoms with Gasteiger partial charge in [0.05, 0.1) is 17.6 Å². The van der Waals surface area contributed by atoms with Crippen LogP contribution >= 0.6 is 0 Å². The quantitative estimate of drug-likeness (QED) is 0.795. The molecule has 2 fully saturated rings. The Morgan fingerprint density at radius 2 is 2.22 bits per heavy atom. The molecule has 2 aliphatic rings. The summed E-state index contributed by atoms with van der Waals surface area (Å²) >= 11 is 0. The standard InChI is InChI=1S/C13H25NO3S/c1-14-13(11-7-9-18(15,16)10-11)6-2-4-12-5-3-8-17-12/h11-14H,2-10H2,1H3. The fourth-order valence-electron chi connectivity index (χ4n) is 3.19. The van der Waals surface area contributed by atoms with Crippen LogP contribution in [0.2, 0.25) is 0 Å². The van der Waals surface area contributed by atoms with E-state index in [1.807, 2.05) is 7.05 Å². The molecule has 0 aromatic heterocycles. The van der Waals surface area contributed by atoms with Crippen molar-refractivity contribution in [3.8, 4) is 0 Å². The van der Waals surface area contributed by atoms with E-state index in [4.69, 9.17) is 4.74 Å². The second-order valence-electron chi connectivity index (χ2n) is 5.62. The van der Waals surface area contributed by atoms with Crippen molar-refractivity contribution in [2.75, 3.05) is 25.2 Å². The maximum absolute atomic E-state index is 11.5. The Hall–Kier alpha value is -0.130. The number of nitrogens with one attached hydrogen (secondary N) is 1. The first-order valence-electron chi connectivity index (χ1n) is 7.10. The molecule has 0 radical (unpaired) electrons. The smallest absolute Gasteiger partial charge is 0.150 e. The lowest BCUT2D eigenvalue weighted by Crippen LogP contribution is -2.34. The molecule has 0 bridgehead atoms. The molecule has 0 aromatic carbocycles. The predicted octanol–water partition coefficient (Wildman–Crippen LogP) is 1.36. The highest BCUT2D eigenvalue weighted by molar-refractivity contribution is 7.91. The average molecular weight is 275 g/mol. The maximum Gasteiger partial charge on any atom is 0.150 e. The monoisotopic (exact) mass is 275 g/mol. The van der Waals surface area contributed by atoms with Crippen LogP contribution in [0.5, 0.6) is 0 Å². The highest BCUT2D eigenvalue weighted by Crippen LogP contribution is 2.25. The van der Waals surface area contributed by atoms with E-state index >= 15 is 0 Å². The fourth-order valence-corrected chi connectivity index (χ4v) is 5.07. The van der Waals surface area contributed by atoms with E-state index in [2.05, 4.69) is 5.32 Å². The summed E-state index contributed by atoms with van der Waals surface area (Å²) in [6, 6.07) is 0.351. The minimum Gasteiger partial charge on any atom is -0.378 e. The van der Waals surface area contributed by atoms with Crippen LogP contribution in [0.25, 0.3) is 0 Å². The number of hydrogen-bond donors (Lipinski definition) is 1. The SMILES string of the molecule is CNC(CCCC1CCCO1)C1CCS(=O)(=O)C1. The van der Waals surface area contributed by atoms with Gasteiger partial charge in [0.2, 0.25) is 0 Å². The molecule has 2 saturated heterocycles. The van der Waals surface area contributed by atoms with E-state index in [1.54, 1.807) is 0 Å². The van der Waals surface area contributed by atoms with Crippen LogP contribution in [0.1, 0.15) is 38.5 Å². The Morgan fingerprint density at radius 1 is 1.39 bits per heavy atom. The van der Waals surface area contributed by atoms with Gasteiger partial charge in [0.25, 0.3) is 0 Å². The van der Waals surface area contributed by atoms with Gasteiger partial charge in [-0.1, -0.05) is 0 Å². The highest BCUT2D eigenvalue weighted by atomic mass is 32.2. The second kappa shape index (κ2) is 6.35. The van der Waals surface area contributed by atoms with Gasteiger partial charge in [-0.05, 0) is 51.5 Å². The molecule has 5 heteroatoms. The first-order chi connectivity index (χ1) is 8.61. The number of ether oxygens (including phenoxy) is 1. The van der Waals surface area contributed by atoms with Gasteiger partial charge < -0.3 is 10.1 Å². The molecule has 18 heavy (non-hydrogen) atoms. The molecule has 2 heterocycles. The third kappa shape index (κ3) is 3.93. The minimum absolute atomic E-state index is 0.310. The van der Waals surface area contributed by atoms with E-state index < -0.39 is 9.84 Å². The van der Waals surface area contributed by atoms with Gasteiger partial charge in [-0.15, -0.1) is 0 Å². The van der Waals surface area contributed by atoms with Crippen LogP contribution in [0.3, 0.4) is 0 Å². The summed E-state index contributed by atoms with van der Waals surface area (Å²) in [4.78, 5) is 0. The summed E-state index contributed by atoms with van der Waals surface area (Å²) in [6.45, 7) is 0.918. The lowest BCUT2D eigenvalue weighted by atomic mass is 9.94. The molecule has 3 atom stereocenters. The summed E-state index contributed by atoms with van der Waals surface area (Å²) in [5, 5.41) is 3.30.